The van der Waals surface area contributed by atoms with Crippen LogP contribution in [-0.4, -0.2) is 37.5 Å². The summed E-state index contributed by atoms with van der Waals surface area (Å²) >= 11 is 5.78. The number of ether oxygens (including phenoxy) is 2. The van der Waals surface area contributed by atoms with Crippen LogP contribution < -0.4 is 15.4 Å². The summed E-state index contributed by atoms with van der Waals surface area (Å²) in [5.41, 5.74) is 0.819. The summed E-state index contributed by atoms with van der Waals surface area (Å²) in [6.45, 7) is 1.04. The molecule has 7 nitrogen and oxygen atoms in total. The molecule has 0 aromatic heterocycles. The zero-order chi connectivity index (χ0) is 19.8. The van der Waals surface area contributed by atoms with Gasteiger partial charge < -0.3 is 20.1 Å². The van der Waals surface area contributed by atoms with Gasteiger partial charge in [0.15, 0.2) is 12.7 Å². The molecule has 27 heavy (non-hydrogen) atoms. The van der Waals surface area contributed by atoms with Crippen LogP contribution in [0.3, 0.4) is 0 Å². The lowest BCUT2D eigenvalue weighted by atomic mass is 10.2. The number of anilines is 1. The Balaban J connectivity index is 1.83. The number of hydrogen-bond donors (Lipinski definition) is 2. The quantitative estimate of drug-likeness (QED) is 0.709. The van der Waals surface area contributed by atoms with E-state index in [9.17, 15) is 14.4 Å². The fourth-order valence-electron chi connectivity index (χ4n) is 2.10. The number of halogens is 1. The van der Waals surface area contributed by atoms with Crippen molar-refractivity contribution < 1.29 is 23.9 Å². The van der Waals surface area contributed by atoms with E-state index in [2.05, 4.69) is 10.6 Å². The Bertz CT molecular complexity index is 823. The Morgan fingerprint density at radius 2 is 1.81 bits per heavy atom. The third-order valence-electron chi connectivity index (χ3n) is 3.44. The third kappa shape index (κ3) is 6.31. The summed E-state index contributed by atoms with van der Waals surface area (Å²) in [7, 11) is 1.51. The zero-order valence-corrected chi connectivity index (χ0v) is 15.6. The number of esters is 1. The molecule has 2 amide bonds. The Labute approximate surface area is 161 Å². The first-order valence-electron chi connectivity index (χ1n) is 8.10. The maximum atomic E-state index is 11.9. The topological polar surface area (TPSA) is 93.7 Å². The van der Waals surface area contributed by atoms with E-state index in [1.54, 1.807) is 42.5 Å². The SMILES string of the molecule is CNC(=O)c1cccc(NC(=O)COC(=O)[C@@H](C)Oc2ccc(Cl)cc2)c1. The molecule has 0 aliphatic heterocycles. The van der Waals surface area contributed by atoms with Crippen molar-refractivity contribution in [2.24, 2.45) is 0 Å². The summed E-state index contributed by atoms with van der Waals surface area (Å²) in [4.78, 5) is 35.5. The van der Waals surface area contributed by atoms with E-state index >= 15 is 0 Å². The van der Waals surface area contributed by atoms with Crippen LogP contribution in [0.15, 0.2) is 48.5 Å². The number of hydrogen-bond acceptors (Lipinski definition) is 5. The van der Waals surface area contributed by atoms with Gasteiger partial charge in [0.05, 0.1) is 0 Å². The molecule has 0 spiro atoms. The second-order valence-corrected chi connectivity index (χ2v) is 5.97. The smallest absolute Gasteiger partial charge is 0.347 e. The Morgan fingerprint density at radius 3 is 2.48 bits per heavy atom. The molecule has 0 bridgehead atoms. The molecule has 142 valence electrons. The van der Waals surface area contributed by atoms with Gasteiger partial charge in [0, 0.05) is 23.3 Å². The van der Waals surface area contributed by atoms with Gasteiger partial charge in [-0.15, -0.1) is 0 Å². The Kier molecular flexibility index (Phi) is 7.19. The largest absolute Gasteiger partial charge is 0.479 e. The van der Waals surface area contributed by atoms with Crippen LogP contribution in [0.1, 0.15) is 17.3 Å². The lowest BCUT2D eigenvalue weighted by Gasteiger charge is -2.14. The van der Waals surface area contributed by atoms with Crippen molar-refractivity contribution in [3.63, 3.8) is 0 Å². The summed E-state index contributed by atoms with van der Waals surface area (Å²) in [5, 5.41) is 5.61. The van der Waals surface area contributed by atoms with E-state index < -0.39 is 24.6 Å². The van der Waals surface area contributed by atoms with Gasteiger partial charge in [-0.25, -0.2) is 4.79 Å². The van der Waals surface area contributed by atoms with Crippen molar-refractivity contribution in [2.45, 2.75) is 13.0 Å². The van der Waals surface area contributed by atoms with Crippen molar-refractivity contribution in [3.05, 3.63) is 59.1 Å². The highest BCUT2D eigenvalue weighted by Crippen LogP contribution is 2.17. The van der Waals surface area contributed by atoms with Gasteiger partial charge in [-0.3, -0.25) is 9.59 Å². The summed E-state index contributed by atoms with van der Waals surface area (Å²) in [5.74, 6) is -1.03. The molecule has 8 heteroatoms. The van der Waals surface area contributed by atoms with Crippen LogP contribution in [0.5, 0.6) is 5.75 Å². The van der Waals surface area contributed by atoms with Gasteiger partial charge in [0.25, 0.3) is 11.8 Å². The molecule has 0 aliphatic rings. The molecule has 0 unspecified atom stereocenters. The van der Waals surface area contributed by atoms with Crippen LogP contribution in [0.2, 0.25) is 5.02 Å². The van der Waals surface area contributed by atoms with Crippen LogP contribution >= 0.6 is 11.6 Å². The van der Waals surface area contributed by atoms with Crippen molar-refractivity contribution in [3.8, 4) is 5.75 Å². The number of rotatable bonds is 7. The normalized spacial score (nSPS) is 11.2. The minimum atomic E-state index is -0.893. The maximum Gasteiger partial charge on any atom is 0.347 e. The molecule has 0 saturated heterocycles. The molecule has 0 heterocycles. The van der Waals surface area contributed by atoms with E-state index in [4.69, 9.17) is 21.1 Å². The van der Waals surface area contributed by atoms with Crippen LogP contribution in [0.4, 0.5) is 5.69 Å². The van der Waals surface area contributed by atoms with Gasteiger partial charge in [0.2, 0.25) is 0 Å². The molecular weight excluding hydrogens is 372 g/mol. The number of benzene rings is 2. The molecular formula is C19H19ClN2O5. The van der Waals surface area contributed by atoms with E-state index in [0.29, 0.717) is 22.0 Å². The van der Waals surface area contributed by atoms with Crippen molar-refractivity contribution >= 4 is 35.1 Å². The summed E-state index contributed by atoms with van der Waals surface area (Å²) in [6, 6.07) is 12.9. The molecule has 2 aromatic carbocycles. The Morgan fingerprint density at radius 1 is 1.11 bits per heavy atom. The zero-order valence-electron chi connectivity index (χ0n) is 14.8. The molecule has 0 saturated carbocycles. The lowest BCUT2D eigenvalue weighted by Crippen LogP contribution is -2.29. The fraction of sp³-hybridized carbons (Fsp3) is 0.211. The fourth-order valence-corrected chi connectivity index (χ4v) is 2.23. The van der Waals surface area contributed by atoms with Crippen molar-refractivity contribution in [2.75, 3.05) is 19.0 Å². The molecule has 2 N–H and O–H groups in total. The monoisotopic (exact) mass is 390 g/mol. The highest BCUT2D eigenvalue weighted by molar-refractivity contribution is 6.30. The molecule has 1 atom stereocenters. The average Bonchev–Trinajstić information content (AvgIpc) is 2.67. The van der Waals surface area contributed by atoms with Gasteiger partial charge in [-0.1, -0.05) is 17.7 Å². The molecule has 0 radical (unpaired) electrons. The minimum Gasteiger partial charge on any atom is -0.479 e. The number of nitrogens with one attached hydrogen (secondary N) is 2. The number of carbonyl (C=O) groups is 3. The standard InChI is InChI=1S/C19H19ClN2O5/c1-12(27-16-8-6-14(20)7-9-16)19(25)26-11-17(23)22-15-5-3-4-13(10-15)18(24)21-2/h3-10,12H,11H2,1-2H3,(H,21,24)(H,22,23)/t12-/m1/s1. The van der Waals surface area contributed by atoms with E-state index in [-0.39, 0.29) is 5.91 Å². The first kappa shape index (κ1) is 20.3. The van der Waals surface area contributed by atoms with Crippen molar-refractivity contribution in [1.82, 2.24) is 5.32 Å². The second kappa shape index (κ2) is 9.59. The molecule has 0 aliphatic carbocycles. The third-order valence-corrected chi connectivity index (χ3v) is 3.69. The van der Waals surface area contributed by atoms with E-state index in [1.165, 1.54) is 20.0 Å². The van der Waals surface area contributed by atoms with Gasteiger partial charge in [-0.2, -0.15) is 0 Å². The average molecular weight is 391 g/mol. The second-order valence-electron chi connectivity index (χ2n) is 5.53. The summed E-state index contributed by atoms with van der Waals surface area (Å²) in [6.07, 6.45) is -0.893. The minimum absolute atomic E-state index is 0.273. The molecule has 0 fully saturated rings. The van der Waals surface area contributed by atoms with Gasteiger partial charge in [-0.05, 0) is 49.4 Å². The molecule has 2 aromatic rings. The first-order valence-corrected chi connectivity index (χ1v) is 8.47. The van der Waals surface area contributed by atoms with Gasteiger partial charge >= 0.3 is 5.97 Å². The highest BCUT2D eigenvalue weighted by Gasteiger charge is 2.18. The van der Waals surface area contributed by atoms with Crippen LogP contribution in [-0.2, 0) is 14.3 Å². The maximum absolute atomic E-state index is 11.9. The van der Waals surface area contributed by atoms with Crippen LogP contribution in [0.25, 0.3) is 0 Å². The Hall–Kier alpha value is -3.06. The number of amides is 2. The van der Waals surface area contributed by atoms with Gasteiger partial charge in [0.1, 0.15) is 5.75 Å². The number of carbonyl (C=O) groups excluding carboxylic acids is 3. The van der Waals surface area contributed by atoms with Crippen LogP contribution in [0, 0.1) is 0 Å². The first-order chi connectivity index (χ1) is 12.9. The van der Waals surface area contributed by atoms with E-state index in [0.717, 1.165) is 0 Å². The molecule has 2 rings (SSSR count). The van der Waals surface area contributed by atoms with E-state index in [1.807, 2.05) is 0 Å². The summed E-state index contributed by atoms with van der Waals surface area (Å²) < 4.78 is 10.4. The van der Waals surface area contributed by atoms with Crippen molar-refractivity contribution in [1.29, 1.82) is 0 Å². The highest BCUT2D eigenvalue weighted by atomic mass is 35.5. The predicted molar refractivity (Wildman–Crippen MR) is 101 cm³/mol. The lowest BCUT2D eigenvalue weighted by molar-refractivity contribution is -0.153. The predicted octanol–water partition coefficient (Wildman–Crippen LogP) is 2.65.